The summed E-state index contributed by atoms with van der Waals surface area (Å²) >= 11 is 12.8. The molecule has 0 bridgehead atoms. The van der Waals surface area contributed by atoms with Gasteiger partial charge in [0.05, 0.1) is 23.9 Å². The van der Waals surface area contributed by atoms with Gasteiger partial charge in [-0.2, -0.15) is 0 Å². The number of anilines is 1. The van der Waals surface area contributed by atoms with Crippen molar-refractivity contribution >= 4 is 40.8 Å². The second-order valence-electron chi connectivity index (χ2n) is 9.83. The summed E-state index contributed by atoms with van der Waals surface area (Å²) < 4.78 is 11.5. The fourth-order valence-corrected chi connectivity index (χ4v) is 5.97. The van der Waals surface area contributed by atoms with Gasteiger partial charge < -0.3 is 14.8 Å². The number of nitrogens with zero attached hydrogens (tertiary/aromatic N) is 1. The number of benzene rings is 4. The number of halogens is 2. The van der Waals surface area contributed by atoms with Crippen LogP contribution in [0.15, 0.2) is 102 Å². The zero-order chi connectivity index (χ0) is 26.8. The molecule has 0 aromatic heterocycles. The van der Waals surface area contributed by atoms with Crippen LogP contribution in [0, 0.1) is 5.92 Å². The average molecular weight is 556 g/mol. The molecule has 3 atom stereocenters. The van der Waals surface area contributed by atoms with Crippen LogP contribution in [0.25, 0.3) is 0 Å². The number of allylic oxidation sites excluding steroid dienone is 2. The second-order valence-corrected chi connectivity index (χ2v) is 10.6. The van der Waals surface area contributed by atoms with Crippen molar-refractivity contribution < 1.29 is 9.47 Å². The van der Waals surface area contributed by atoms with Gasteiger partial charge >= 0.3 is 0 Å². The molecule has 0 saturated heterocycles. The SMILES string of the molecule is COc1cc(C=Nc2ccc([C@@H]3Nc4ccccc4[C@H]4C=CC[C@H]43)cc2)cc(Cl)c1OCc1ccccc1Cl. The third-order valence-corrected chi connectivity index (χ3v) is 8.12. The highest BCUT2D eigenvalue weighted by Crippen LogP contribution is 2.49. The van der Waals surface area contributed by atoms with Gasteiger partial charge in [0.25, 0.3) is 0 Å². The van der Waals surface area contributed by atoms with Crippen LogP contribution >= 0.6 is 23.2 Å². The van der Waals surface area contributed by atoms with E-state index >= 15 is 0 Å². The topological polar surface area (TPSA) is 42.8 Å². The van der Waals surface area contributed by atoms with Gasteiger partial charge in [-0.3, -0.25) is 4.99 Å². The van der Waals surface area contributed by atoms with E-state index in [0.717, 1.165) is 23.2 Å². The molecule has 1 aliphatic carbocycles. The molecule has 1 heterocycles. The van der Waals surface area contributed by atoms with Crippen LogP contribution in [0.2, 0.25) is 10.0 Å². The summed E-state index contributed by atoms with van der Waals surface area (Å²) in [7, 11) is 1.59. The number of hydrogen-bond acceptors (Lipinski definition) is 4. The number of para-hydroxylation sites is 1. The van der Waals surface area contributed by atoms with E-state index in [-0.39, 0.29) is 12.6 Å². The molecule has 0 radical (unpaired) electrons. The number of hydrogen-bond donors (Lipinski definition) is 1. The Balaban J connectivity index is 1.17. The normalized spacial score (nSPS) is 19.4. The minimum absolute atomic E-state index is 0.263. The van der Waals surface area contributed by atoms with Crippen molar-refractivity contribution in [2.75, 3.05) is 12.4 Å². The van der Waals surface area contributed by atoms with E-state index in [9.17, 15) is 0 Å². The van der Waals surface area contributed by atoms with Gasteiger partial charge in [-0.05, 0) is 65.4 Å². The number of methoxy groups -OCH3 is 1. The van der Waals surface area contributed by atoms with Gasteiger partial charge in [0.15, 0.2) is 11.5 Å². The van der Waals surface area contributed by atoms with Crippen molar-refractivity contribution in [1.29, 1.82) is 0 Å². The molecular weight excluding hydrogens is 527 g/mol. The maximum atomic E-state index is 6.58. The maximum Gasteiger partial charge on any atom is 0.180 e. The summed E-state index contributed by atoms with van der Waals surface area (Å²) in [5.41, 5.74) is 6.44. The Bertz CT molecular complexity index is 1550. The van der Waals surface area contributed by atoms with Gasteiger partial charge in [-0.15, -0.1) is 0 Å². The first-order chi connectivity index (χ1) is 19.1. The summed E-state index contributed by atoms with van der Waals surface area (Å²) in [5.74, 6) is 1.99. The first-order valence-corrected chi connectivity index (χ1v) is 13.8. The fraction of sp³-hybridized carbons (Fsp3) is 0.182. The van der Waals surface area contributed by atoms with E-state index in [0.29, 0.717) is 33.4 Å². The molecule has 4 nitrogen and oxygen atoms in total. The van der Waals surface area contributed by atoms with Crippen molar-refractivity contribution in [3.63, 3.8) is 0 Å². The van der Waals surface area contributed by atoms with Gasteiger partial charge in [0.2, 0.25) is 0 Å². The standard InChI is InChI=1S/C33H28Cl2N2O2/c1-38-31-18-21(17-29(35)33(31)39-20-23-7-2-4-11-28(23)34)19-36-24-15-13-22(14-16-24)32-27-10-6-9-25(27)26-8-3-5-12-30(26)37-32/h2-9,11-19,25,27,32,37H,10,20H2,1H3/t25-,27-,32+/m1/s1. The lowest BCUT2D eigenvalue weighted by Gasteiger charge is -2.37. The van der Waals surface area contributed by atoms with Crippen LogP contribution in [-0.4, -0.2) is 13.3 Å². The minimum atomic E-state index is 0.263. The van der Waals surface area contributed by atoms with E-state index < -0.39 is 0 Å². The van der Waals surface area contributed by atoms with Crippen LogP contribution in [0.1, 0.15) is 40.6 Å². The molecule has 4 aromatic rings. The number of rotatable bonds is 7. The summed E-state index contributed by atoms with van der Waals surface area (Å²) in [6.07, 6.45) is 7.55. The Morgan fingerprint density at radius 2 is 1.74 bits per heavy atom. The predicted molar refractivity (Wildman–Crippen MR) is 160 cm³/mol. The average Bonchev–Trinajstić information content (AvgIpc) is 3.46. The molecular formula is C33H28Cl2N2O2. The number of aliphatic imine (C=N–C) groups is 1. The molecule has 0 unspecified atom stereocenters. The summed E-state index contributed by atoms with van der Waals surface area (Å²) in [6, 6.07) is 28.6. The van der Waals surface area contributed by atoms with E-state index in [1.54, 1.807) is 13.3 Å². The molecule has 1 aliphatic heterocycles. The fourth-order valence-electron chi connectivity index (χ4n) is 5.51. The van der Waals surface area contributed by atoms with Crippen molar-refractivity contribution in [2.45, 2.75) is 25.0 Å². The Kier molecular flexibility index (Phi) is 7.32. The van der Waals surface area contributed by atoms with Crippen LogP contribution in [0.3, 0.4) is 0 Å². The molecule has 1 N–H and O–H groups in total. The van der Waals surface area contributed by atoms with E-state index in [4.69, 9.17) is 32.7 Å². The van der Waals surface area contributed by atoms with Gasteiger partial charge in [-0.25, -0.2) is 0 Å². The molecule has 0 saturated carbocycles. The van der Waals surface area contributed by atoms with Crippen molar-refractivity contribution in [3.8, 4) is 11.5 Å². The molecule has 39 heavy (non-hydrogen) atoms. The van der Waals surface area contributed by atoms with E-state index in [1.165, 1.54) is 16.8 Å². The summed E-state index contributed by atoms with van der Waals surface area (Å²) in [5, 5.41) is 4.87. The number of fused-ring (bicyclic) bond motifs is 3. The van der Waals surface area contributed by atoms with E-state index in [1.807, 2.05) is 36.4 Å². The molecule has 196 valence electrons. The monoisotopic (exact) mass is 554 g/mol. The lowest BCUT2D eigenvalue weighted by molar-refractivity contribution is 0.285. The highest BCUT2D eigenvalue weighted by atomic mass is 35.5. The van der Waals surface area contributed by atoms with Gasteiger partial charge in [0, 0.05) is 28.4 Å². The molecule has 4 aromatic carbocycles. The third-order valence-electron chi connectivity index (χ3n) is 7.47. The van der Waals surface area contributed by atoms with Crippen molar-refractivity contribution in [3.05, 3.63) is 129 Å². The van der Waals surface area contributed by atoms with E-state index in [2.05, 4.69) is 71.0 Å². The van der Waals surface area contributed by atoms with Gasteiger partial charge in [0.1, 0.15) is 6.61 Å². The van der Waals surface area contributed by atoms with Crippen LogP contribution in [0.5, 0.6) is 11.5 Å². The van der Waals surface area contributed by atoms with Crippen LogP contribution in [-0.2, 0) is 6.61 Å². The minimum Gasteiger partial charge on any atom is -0.493 e. The first-order valence-electron chi connectivity index (χ1n) is 13.0. The maximum absolute atomic E-state index is 6.58. The van der Waals surface area contributed by atoms with Gasteiger partial charge in [-0.1, -0.05) is 83.9 Å². The molecule has 6 rings (SSSR count). The molecule has 0 amide bonds. The van der Waals surface area contributed by atoms with Crippen LogP contribution in [0.4, 0.5) is 11.4 Å². The lowest BCUT2D eigenvalue weighted by atomic mass is 9.77. The third kappa shape index (κ3) is 5.27. The van der Waals surface area contributed by atoms with Crippen LogP contribution < -0.4 is 14.8 Å². The highest BCUT2D eigenvalue weighted by molar-refractivity contribution is 6.32. The quantitative estimate of drug-likeness (QED) is 0.183. The molecule has 0 spiro atoms. The number of ether oxygens (including phenoxy) is 2. The zero-order valence-electron chi connectivity index (χ0n) is 21.5. The lowest BCUT2D eigenvalue weighted by Crippen LogP contribution is -2.28. The molecule has 6 heteroatoms. The largest absolute Gasteiger partial charge is 0.493 e. The summed E-state index contributed by atoms with van der Waals surface area (Å²) in [4.78, 5) is 4.69. The smallest absolute Gasteiger partial charge is 0.180 e. The summed E-state index contributed by atoms with van der Waals surface area (Å²) in [6.45, 7) is 0.286. The Labute approximate surface area is 238 Å². The van der Waals surface area contributed by atoms with Crippen molar-refractivity contribution in [1.82, 2.24) is 0 Å². The highest BCUT2D eigenvalue weighted by Gasteiger charge is 2.37. The Morgan fingerprint density at radius 3 is 2.56 bits per heavy atom. The zero-order valence-corrected chi connectivity index (χ0v) is 23.0. The molecule has 0 fully saturated rings. The second kappa shape index (κ2) is 11.2. The predicted octanol–water partition coefficient (Wildman–Crippen LogP) is 9.16. The first kappa shape index (κ1) is 25.5. The molecule has 2 aliphatic rings. The number of nitrogens with one attached hydrogen (secondary N) is 1. The van der Waals surface area contributed by atoms with Crippen molar-refractivity contribution in [2.24, 2.45) is 10.9 Å². The Hall–Kier alpha value is -3.73. The Morgan fingerprint density at radius 1 is 0.949 bits per heavy atom.